The number of benzene rings is 1. The summed E-state index contributed by atoms with van der Waals surface area (Å²) in [5.74, 6) is 0.426. The van der Waals surface area contributed by atoms with Gasteiger partial charge in [0.2, 0.25) is 5.91 Å². The van der Waals surface area contributed by atoms with E-state index in [0.29, 0.717) is 23.3 Å². The van der Waals surface area contributed by atoms with Gasteiger partial charge in [0.1, 0.15) is 12.4 Å². The number of aromatic nitrogens is 2. The van der Waals surface area contributed by atoms with Gasteiger partial charge in [0.15, 0.2) is 0 Å². The average Bonchev–Trinajstić information content (AvgIpc) is 2.76. The number of carbonyl (C=O) groups excluding carboxylic acids is 1. The van der Waals surface area contributed by atoms with Gasteiger partial charge in [0, 0.05) is 25.2 Å². The Hall–Kier alpha value is -2.25. The number of nitrogens with zero attached hydrogens (tertiary/aromatic N) is 3. The second-order valence-corrected chi connectivity index (χ2v) is 8.23. The highest BCUT2D eigenvalue weighted by Crippen LogP contribution is 2.33. The standard InChI is InChI=1S/C22H30N4O3/c1-17-24-19-8-4-3-7-18(19)21(28)26(17)15-20(27)23-16-22(9-5-2-6-10-22)25-11-13-29-14-12-25/h3-4,7-8H,2,5-6,9-16H2,1H3,(H,23,27). The highest BCUT2D eigenvalue weighted by atomic mass is 16.5. The van der Waals surface area contributed by atoms with E-state index in [1.54, 1.807) is 13.0 Å². The van der Waals surface area contributed by atoms with Crippen LogP contribution in [0.2, 0.25) is 0 Å². The molecule has 2 aliphatic rings. The summed E-state index contributed by atoms with van der Waals surface area (Å²) in [4.78, 5) is 32.6. The van der Waals surface area contributed by atoms with E-state index in [9.17, 15) is 9.59 Å². The molecular formula is C22H30N4O3. The third-order valence-electron chi connectivity index (χ3n) is 6.43. The number of hydrogen-bond donors (Lipinski definition) is 1. The lowest BCUT2D eigenvalue weighted by Gasteiger charge is -2.48. The molecule has 1 amide bonds. The van der Waals surface area contributed by atoms with Gasteiger partial charge in [0.05, 0.1) is 24.1 Å². The molecule has 1 saturated carbocycles. The number of morpholine rings is 1. The van der Waals surface area contributed by atoms with Gasteiger partial charge in [-0.3, -0.25) is 19.1 Å². The number of ether oxygens (including phenoxy) is 1. The first-order valence-electron chi connectivity index (χ1n) is 10.6. The summed E-state index contributed by atoms with van der Waals surface area (Å²) < 4.78 is 7.00. The Morgan fingerprint density at radius 2 is 1.90 bits per heavy atom. The molecule has 1 aromatic carbocycles. The van der Waals surface area contributed by atoms with Crippen molar-refractivity contribution in [1.82, 2.24) is 19.8 Å². The van der Waals surface area contributed by atoms with Crippen LogP contribution in [0.5, 0.6) is 0 Å². The van der Waals surface area contributed by atoms with Crippen molar-refractivity contribution >= 4 is 16.8 Å². The Bertz CT molecular complexity index is 927. The number of fused-ring (bicyclic) bond motifs is 1. The van der Waals surface area contributed by atoms with E-state index in [1.807, 2.05) is 18.2 Å². The molecule has 1 aliphatic carbocycles. The van der Waals surface area contributed by atoms with E-state index in [-0.39, 0.29) is 23.6 Å². The number of para-hydroxylation sites is 1. The Morgan fingerprint density at radius 3 is 2.66 bits per heavy atom. The monoisotopic (exact) mass is 398 g/mol. The van der Waals surface area contributed by atoms with Crippen LogP contribution in [-0.4, -0.2) is 58.7 Å². The molecule has 156 valence electrons. The fraction of sp³-hybridized carbons (Fsp3) is 0.591. The van der Waals surface area contributed by atoms with Crippen LogP contribution in [-0.2, 0) is 16.1 Å². The van der Waals surface area contributed by atoms with Crippen LogP contribution in [0.3, 0.4) is 0 Å². The molecule has 2 fully saturated rings. The van der Waals surface area contributed by atoms with E-state index in [0.717, 1.165) is 39.1 Å². The molecule has 29 heavy (non-hydrogen) atoms. The van der Waals surface area contributed by atoms with E-state index >= 15 is 0 Å². The van der Waals surface area contributed by atoms with E-state index in [1.165, 1.54) is 23.8 Å². The van der Waals surface area contributed by atoms with Crippen molar-refractivity contribution in [2.24, 2.45) is 0 Å². The van der Waals surface area contributed by atoms with Crippen LogP contribution >= 0.6 is 0 Å². The Labute approximate surface area is 171 Å². The number of nitrogens with one attached hydrogen (secondary N) is 1. The highest BCUT2D eigenvalue weighted by Gasteiger charge is 2.38. The van der Waals surface area contributed by atoms with Crippen LogP contribution in [0.25, 0.3) is 10.9 Å². The predicted octanol–water partition coefficient (Wildman–Crippen LogP) is 1.86. The minimum atomic E-state index is -0.163. The summed E-state index contributed by atoms with van der Waals surface area (Å²) in [7, 11) is 0. The maximum absolute atomic E-state index is 12.8. The summed E-state index contributed by atoms with van der Waals surface area (Å²) in [5, 5.41) is 3.68. The third-order valence-corrected chi connectivity index (χ3v) is 6.43. The van der Waals surface area contributed by atoms with Crippen molar-refractivity contribution in [1.29, 1.82) is 0 Å². The lowest BCUT2D eigenvalue weighted by molar-refractivity contribution is -0.123. The highest BCUT2D eigenvalue weighted by molar-refractivity contribution is 5.79. The summed E-state index contributed by atoms with van der Waals surface area (Å²) in [5.41, 5.74) is 0.517. The SMILES string of the molecule is Cc1nc2ccccc2c(=O)n1CC(=O)NCC1(N2CCOCC2)CCCCC1. The van der Waals surface area contributed by atoms with Gasteiger partial charge >= 0.3 is 0 Å². The van der Waals surface area contributed by atoms with Crippen molar-refractivity contribution in [3.05, 3.63) is 40.4 Å². The molecule has 7 nitrogen and oxygen atoms in total. The molecule has 1 N–H and O–H groups in total. The lowest BCUT2D eigenvalue weighted by Crippen LogP contribution is -2.60. The topological polar surface area (TPSA) is 76.5 Å². The van der Waals surface area contributed by atoms with E-state index in [4.69, 9.17) is 4.74 Å². The minimum absolute atomic E-state index is 0.00168. The molecule has 0 spiro atoms. The Balaban J connectivity index is 1.48. The largest absolute Gasteiger partial charge is 0.379 e. The van der Waals surface area contributed by atoms with Crippen LogP contribution < -0.4 is 10.9 Å². The molecule has 1 aromatic heterocycles. The number of amides is 1. The Morgan fingerprint density at radius 1 is 1.17 bits per heavy atom. The maximum atomic E-state index is 12.8. The average molecular weight is 399 g/mol. The molecule has 1 aliphatic heterocycles. The quantitative estimate of drug-likeness (QED) is 0.832. The zero-order valence-corrected chi connectivity index (χ0v) is 17.2. The fourth-order valence-corrected chi connectivity index (χ4v) is 4.78. The number of rotatable bonds is 5. The predicted molar refractivity (Wildman–Crippen MR) is 112 cm³/mol. The molecule has 7 heteroatoms. The first-order valence-corrected chi connectivity index (χ1v) is 10.6. The molecular weight excluding hydrogens is 368 g/mol. The summed E-state index contributed by atoms with van der Waals surface area (Å²) >= 11 is 0. The summed E-state index contributed by atoms with van der Waals surface area (Å²) in [6, 6.07) is 7.26. The van der Waals surface area contributed by atoms with Crippen molar-refractivity contribution in [2.75, 3.05) is 32.8 Å². The normalized spacial score (nSPS) is 19.9. The first kappa shape index (κ1) is 20.0. The molecule has 0 bridgehead atoms. The summed E-state index contributed by atoms with van der Waals surface area (Å²) in [6.45, 7) is 5.76. The maximum Gasteiger partial charge on any atom is 0.261 e. The van der Waals surface area contributed by atoms with Gasteiger partial charge in [0.25, 0.3) is 5.56 Å². The van der Waals surface area contributed by atoms with E-state index in [2.05, 4.69) is 15.2 Å². The molecule has 0 atom stereocenters. The second kappa shape index (κ2) is 8.63. The summed E-state index contributed by atoms with van der Waals surface area (Å²) in [6.07, 6.45) is 5.85. The lowest BCUT2D eigenvalue weighted by atomic mass is 9.79. The van der Waals surface area contributed by atoms with Crippen molar-refractivity contribution in [2.45, 2.75) is 51.1 Å². The van der Waals surface area contributed by atoms with Crippen LogP contribution in [0, 0.1) is 6.92 Å². The van der Waals surface area contributed by atoms with Gasteiger partial charge < -0.3 is 10.1 Å². The first-order chi connectivity index (χ1) is 14.1. The molecule has 2 aromatic rings. The van der Waals surface area contributed by atoms with E-state index < -0.39 is 0 Å². The third kappa shape index (κ3) is 4.21. The minimum Gasteiger partial charge on any atom is -0.379 e. The zero-order valence-electron chi connectivity index (χ0n) is 17.2. The van der Waals surface area contributed by atoms with Crippen LogP contribution in [0.1, 0.15) is 37.9 Å². The molecule has 0 unspecified atom stereocenters. The molecule has 1 saturated heterocycles. The second-order valence-electron chi connectivity index (χ2n) is 8.23. The van der Waals surface area contributed by atoms with Crippen molar-refractivity contribution < 1.29 is 9.53 Å². The Kier molecular flexibility index (Phi) is 5.96. The zero-order chi connectivity index (χ0) is 20.3. The number of aryl methyl sites for hydroxylation is 1. The van der Waals surface area contributed by atoms with Gasteiger partial charge in [-0.25, -0.2) is 4.98 Å². The van der Waals surface area contributed by atoms with Gasteiger partial charge in [-0.1, -0.05) is 31.4 Å². The molecule has 2 heterocycles. The van der Waals surface area contributed by atoms with Crippen molar-refractivity contribution in [3.8, 4) is 0 Å². The smallest absolute Gasteiger partial charge is 0.261 e. The fourth-order valence-electron chi connectivity index (χ4n) is 4.78. The number of carbonyl (C=O) groups is 1. The molecule has 0 radical (unpaired) electrons. The van der Waals surface area contributed by atoms with Crippen LogP contribution in [0.4, 0.5) is 0 Å². The number of hydrogen-bond acceptors (Lipinski definition) is 5. The van der Waals surface area contributed by atoms with Gasteiger partial charge in [-0.05, 0) is 31.9 Å². The van der Waals surface area contributed by atoms with Crippen LogP contribution in [0.15, 0.2) is 29.1 Å². The molecule has 4 rings (SSSR count). The van der Waals surface area contributed by atoms with Gasteiger partial charge in [-0.15, -0.1) is 0 Å². The van der Waals surface area contributed by atoms with Crippen molar-refractivity contribution in [3.63, 3.8) is 0 Å². The van der Waals surface area contributed by atoms with Gasteiger partial charge in [-0.2, -0.15) is 0 Å².